The molecule has 2 aromatic carbocycles. The van der Waals surface area contributed by atoms with E-state index in [-0.39, 0.29) is 17.5 Å². The average Bonchev–Trinajstić information content (AvgIpc) is 3.24. The molecule has 0 aliphatic heterocycles. The van der Waals surface area contributed by atoms with Crippen LogP contribution in [0.25, 0.3) is 10.2 Å². The van der Waals surface area contributed by atoms with E-state index in [0.29, 0.717) is 47.7 Å². The van der Waals surface area contributed by atoms with Gasteiger partial charge in [0, 0.05) is 23.1 Å². The number of benzene rings is 2. The average molecular weight is 632 g/mol. The topological polar surface area (TPSA) is 58.4 Å². The normalized spacial score (nSPS) is 12.3. The highest BCUT2D eigenvalue weighted by Crippen LogP contribution is 2.31. The lowest BCUT2D eigenvalue weighted by Crippen LogP contribution is -2.42. The molecular weight excluding hydrogens is 604 g/mol. The second kappa shape index (κ2) is 11.8. The number of halogens is 2. The lowest BCUT2D eigenvalue weighted by atomic mass is 10.1. The van der Waals surface area contributed by atoms with Gasteiger partial charge in [-0.25, -0.2) is 4.98 Å². The lowest BCUT2D eigenvalue weighted by molar-refractivity contribution is 0.0642. The minimum Gasteiger partial charge on any atom is -0.327 e. The largest absolute Gasteiger partial charge is 0.327 e. The van der Waals surface area contributed by atoms with E-state index in [1.807, 2.05) is 86.6 Å². The molecule has 2 aromatic heterocycles. The molecule has 0 N–H and O–H groups in total. The van der Waals surface area contributed by atoms with Crippen LogP contribution in [0.4, 0.5) is 0 Å². The zero-order valence-electron chi connectivity index (χ0n) is 20.4. The van der Waals surface area contributed by atoms with Crippen molar-refractivity contribution >= 4 is 59.3 Å². The van der Waals surface area contributed by atoms with Gasteiger partial charge in [0.05, 0.1) is 21.8 Å². The Morgan fingerprint density at radius 1 is 1.06 bits per heavy atom. The highest BCUT2D eigenvalue weighted by atomic mass is 79.9. The number of fused-ring (bicyclic) bond motifs is 1. The Morgan fingerprint density at radius 3 is 2.39 bits per heavy atom. The Bertz CT molecular complexity index is 1400. The third-order valence-corrected chi connectivity index (χ3v) is 8.10. The molecule has 1 amide bonds. The maximum atomic E-state index is 13.8. The van der Waals surface area contributed by atoms with E-state index in [1.165, 1.54) is 11.3 Å². The first-order valence-corrected chi connectivity index (χ1v) is 14.1. The molecule has 0 unspecified atom stereocenters. The second-order valence-electron chi connectivity index (χ2n) is 8.85. The summed E-state index contributed by atoms with van der Waals surface area (Å²) in [5.74, 6) is 0.529. The lowest BCUT2D eigenvalue weighted by Gasteiger charge is -2.33. The molecule has 0 aliphatic carbocycles. The Labute approximate surface area is 231 Å². The molecule has 0 aliphatic rings. The van der Waals surface area contributed by atoms with Crippen molar-refractivity contribution in [1.29, 1.82) is 0 Å². The summed E-state index contributed by atoms with van der Waals surface area (Å²) in [6.07, 6.45) is 0.620. The van der Waals surface area contributed by atoms with Crippen molar-refractivity contribution in [2.45, 2.75) is 25.9 Å². The van der Waals surface area contributed by atoms with Gasteiger partial charge in [0.1, 0.15) is 10.7 Å². The number of hydrogen-bond donors (Lipinski definition) is 0. The quantitative estimate of drug-likeness (QED) is 0.221. The minimum absolute atomic E-state index is 0.0795. The molecule has 1 atom stereocenters. The molecule has 36 heavy (non-hydrogen) atoms. The summed E-state index contributed by atoms with van der Waals surface area (Å²) >= 11 is 8.40. The van der Waals surface area contributed by atoms with Crippen molar-refractivity contribution < 1.29 is 4.79 Å². The van der Waals surface area contributed by atoms with E-state index in [4.69, 9.17) is 4.98 Å². The summed E-state index contributed by atoms with van der Waals surface area (Å²) in [4.78, 5) is 37.2. The fourth-order valence-corrected chi connectivity index (χ4v) is 5.89. The van der Waals surface area contributed by atoms with Gasteiger partial charge in [0.15, 0.2) is 0 Å². The fraction of sp³-hybridized carbons (Fsp3) is 0.296. The van der Waals surface area contributed by atoms with E-state index in [9.17, 15) is 9.59 Å². The van der Waals surface area contributed by atoms with Gasteiger partial charge >= 0.3 is 0 Å². The van der Waals surface area contributed by atoms with Gasteiger partial charge in [0.2, 0.25) is 0 Å². The van der Waals surface area contributed by atoms with Crippen LogP contribution in [-0.2, 0) is 6.54 Å². The fourth-order valence-electron chi connectivity index (χ4n) is 4.18. The monoisotopic (exact) mass is 630 g/mol. The predicted molar refractivity (Wildman–Crippen MR) is 154 cm³/mol. The second-order valence-corrected chi connectivity index (χ2v) is 12.2. The number of carbonyl (C=O) groups excluding carboxylic acids is 1. The number of carbonyl (C=O) groups is 1. The number of aromatic nitrogens is 2. The molecule has 0 spiro atoms. The van der Waals surface area contributed by atoms with Gasteiger partial charge in [-0.15, -0.1) is 11.3 Å². The van der Waals surface area contributed by atoms with Crippen LogP contribution in [-0.4, -0.2) is 52.4 Å². The number of nitrogens with zero attached hydrogens (tertiary/aromatic N) is 4. The maximum absolute atomic E-state index is 13.8. The summed E-state index contributed by atoms with van der Waals surface area (Å²) in [6.45, 7) is 3.62. The van der Waals surface area contributed by atoms with Crippen molar-refractivity contribution in [3.8, 4) is 0 Å². The summed E-state index contributed by atoms with van der Waals surface area (Å²) in [7, 11) is 3.98. The van der Waals surface area contributed by atoms with Crippen molar-refractivity contribution in [2.24, 2.45) is 0 Å². The Morgan fingerprint density at radius 2 is 1.75 bits per heavy atom. The molecule has 188 valence electrons. The molecule has 6 nitrogen and oxygen atoms in total. The van der Waals surface area contributed by atoms with Crippen LogP contribution in [0.3, 0.4) is 0 Å². The zero-order valence-corrected chi connectivity index (χ0v) is 24.4. The summed E-state index contributed by atoms with van der Waals surface area (Å²) < 4.78 is 3.51. The number of likely N-dealkylation sites (N-methyl/N-ethyl adjacent to an activating group) is 1. The van der Waals surface area contributed by atoms with E-state index >= 15 is 0 Å². The number of hydrogen-bond acceptors (Lipinski definition) is 5. The highest BCUT2D eigenvalue weighted by molar-refractivity contribution is 9.11. The van der Waals surface area contributed by atoms with Gasteiger partial charge in [-0.1, -0.05) is 53.2 Å². The van der Waals surface area contributed by atoms with E-state index < -0.39 is 0 Å². The van der Waals surface area contributed by atoms with Crippen LogP contribution in [0.2, 0.25) is 0 Å². The van der Waals surface area contributed by atoms with E-state index in [0.717, 1.165) is 13.8 Å². The van der Waals surface area contributed by atoms with Crippen LogP contribution in [0.5, 0.6) is 0 Å². The van der Waals surface area contributed by atoms with Crippen molar-refractivity contribution in [2.75, 3.05) is 27.2 Å². The van der Waals surface area contributed by atoms with Gasteiger partial charge < -0.3 is 9.80 Å². The van der Waals surface area contributed by atoms with Crippen LogP contribution in [0.15, 0.2) is 73.7 Å². The molecule has 2 heterocycles. The summed E-state index contributed by atoms with van der Waals surface area (Å²) in [5, 5.41) is 0.584. The molecule has 4 aromatic rings. The van der Waals surface area contributed by atoms with Gasteiger partial charge in [-0.2, -0.15) is 0 Å². The van der Waals surface area contributed by atoms with E-state index in [2.05, 4.69) is 36.8 Å². The Hall–Kier alpha value is -2.33. The Balaban J connectivity index is 1.86. The number of thiophene rings is 1. The standard InChI is InChI=1S/C27H28Br2N4O2S/c1-4-22(32(15-14-31(2)3)26(34)19-10-12-20(28)13-11-19)24-30-25-21(16-23(29)36-25)27(35)33(24)17-18-8-6-5-7-9-18/h5-13,16,22H,4,14-15,17H2,1-3H3/t22-/m0/s1. The van der Waals surface area contributed by atoms with Crippen LogP contribution >= 0.6 is 43.2 Å². The molecular formula is C27H28Br2N4O2S. The van der Waals surface area contributed by atoms with E-state index in [1.54, 1.807) is 4.57 Å². The smallest absolute Gasteiger partial charge is 0.262 e. The van der Waals surface area contributed by atoms with Crippen molar-refractivity contribution in [3.05, 3.63) is 96.2 Å². The van der Waals surface area contributed by atoms with Crippen LogP contribution in [0, 0.1) is 0 Å². The molecule has 9 heteroatoms. The first-order valence-electron chi connectivity index (χ1n) is 11.7. The maximum Gasteiger partial charge on any atom is 0.262 e. The molecule has 0 bridgehead atoms. The number of amides is 1. The molecule has 0 radical (unpaired) electrons. The first-order chi connectivity index (χ1) is 17.3. The third kappa shape index (κ3) is 5.96. The molecule has 0 saturated heterocycles. The minimum atomic E-state index is -0.372. The predicted octanol–water partition coefficient (Wildman–Crippen LogP) is 6.19. The number of rotatable bonds is 9. The van der Waals surface area contributed by atoms with Crippen molar-refractivity contribution in [1.82, 2.24) is 19.4 Å². The van der Waals surface area contributed by atoms with Crippen LogP contribution < -0.4 is 5.56 Å². The first kappa shape index (κ1) is 26.7. The van der Waals surface area contributed by atoms with Crippen molar-refractivity contribution in [3.63, 3.8) is 0 Å². The third-order valence-electron chi connectivity index (χ3n) is 6.04. The molecule has 0 saturated carbocycles. The van der Waals surface area contributed by atoms with Gasteiger partial charge in [-0.05, 0) is 72.3 Å². The molecule has 4 rings (SSSR count). The van der Waals surface area contributed by atoms with Crippen LogP contribution in [0.1, 0.15) is 41.1 Å². The Kier molecular flexibility index (Phi) is 8.77. The zero-order chi connectivity index (χ0) is 25.8. The summed E-state index contributed by atoms with van der Waals surface area (Å²) in [5.41, 5.74) is 1.51. The van der Waals surface area contributed by atoms with Gasteiger partial charge in [-0.3, -0.25) is 14.2 Å². The van der Waals surface area contributed by atoms with Gasteiger partial charge in [0.25, 0.3) is 11.5 Å². The molecule has 0 fully saturated rings. The highest BCUT2D eigenvalue weighted by Gasteiger charge is 2.29. The SMILES string of the molecule is CC[C@@H](c1nc2sc(Br)cc2c(=O)n1Cc1ccccc1)N(CCN(C)C)C(=O)c1ccc(Br)cc1. The summed E-state index contributed by atoms with van der Waals surface area (Å²) in [6, 6.07) is 18.7.